The third-order valence-corrected chi connectivity index (χ3v) is 5.33. The highest BCUT2D eigenvalue weighted by molar-refractivity contribution is 5.67. The number of fused-ring (bicyclic) bond motifs is 1. The Balaban J connectivity index is 1.36. The molecule has 1 fully saturated rings. The van der Waals surface area contributed by atoms with Crippen LogP contribution in [0.3, 0.4) is 0 Å². The number of nitrogens with zero attached hydrogens (tertiary/aromatic N) is 1. The van der Waals surface area contributed by atoms with Gasteiger partial charge in [0.1, 0.15) is 6.61 Å². The van der Waals surface area contributed by atoms with Crippen molar-refractivity contribution in [2.75, 3.05) is 19.7 Å². The summed E-state index contributed by atoms with van der Waals surface area (Å²) in [6.07, 6.45) is 2.27. The fraction of sp³-hybridized carbons (Fsp3) is 0.409. The number of rotatable bonds is 5. The molecular formula is C22H25NO4. The van der Waals surface area contributed by atoms with Crippen molar-refractivity contribution in [2.24, 2.45) is 5.92 Å². The normalized spacial score (nSPS) is 22.4. The molecule has 2 aromatic carbocycles. The molecule has 0 spiro atoms. The number of likely N-dealkylation sites (tertiary alicyclic amines) is 1. The van der Waals surface area contributed by atoms with Crippen LogP contribution in [-0.2, 0) is 11.3 Å². The molecule has 1 N–H and O–H groups in total. The number of benzene rings is 2. The standard InChI is InChI=1S/C22H25NO4/c24-22(25)12-17-4-3-11-23(14-17)13-16-7-9-18(10-8-16)21-15-26-19-5-1-2-6-20(19)27-21/h1-2,5-10,17,21H,3-4,11-15H2,(H,24,25)/t17?,21-/m1/s1. The molecule has 2 aromatic rings. The largest absolute Gasteiger partial charge is 0.485 e. The summed E-state index contributed by atoms with van der Waals surface area (Å²) < 4.78 is 11.9. The van der Waals surface area contributed by atoms with Gasteiger partial charge in [0, 0.05) is 19.5 Å². The zero-order valence-electron chi connectivity index (χ0n) is 15.3. The number of hydrogen-bond acceptors (Lipinski definition) is 4. The van der Waals surface area contributed by atoms with Crippen molar-refractivity contribution in [1.82, 2.24) is 4.90 Å². The minimum absolute atomic E-state index is 0.0936. The van der Waals surface area contributed by atoms with Crippen LogP contribution in [0.4, 0.5) is 0 Å². The Bertz CT molecular complexity index is 789. The summed E-state index contributed by atoms with van der Waals surface area (Å²) in [5, 5.41) is 9.02. The maximum absolute atomic E-state index is 11.0. The van der Waals surface area contributed by atoms with Crippen LogP contribution in [0.1, 0.15) is 36.5 Å². The first-order valence-electron chi connectivity index (χ1n) is 9.59. The van der Waals surface area contributed by atoms with Gasteiger partial charge in [0.05, 0.1) is 0 Å². The summed E-state index contributed by atoms with van der Waals surface area (Å²) in [4.78, 5) is 13.3. The first kappa shape index (κ1) is 17.9. The molecule has 0 amide bonds. The summed E-state index contributed by atoms with van der Waals surface area (Å²) in [7, 11) is 0. The maximum atomic E-state index is 11.0. The fourth-order valence-electron chi connectivity index (χ4n) is 3.99. The van der Waals surface area contributed by atoms with Gasteiger partial charge in [0.15, 0.2) is 17.6 Å². The number of hydrogen-bond donors (Lipinski definition) is 1. The molecule has 0 aliphatic carbocycles. The van der Waals surface area contributed by atoms with Gasteiger partial charge < -0.3 is 14.6 Å². The second-order valence-corrected chi connectivity index (χ2v) is 7.45. The van der Waals surface area contributed by atoms with Gasteiger partial charge in [-0.2, -0.15) is 0 Å². The van der Waals surface area contributed by atoms with Gasteiger partial charge >= 0.3 is 5.97 Å². The first-order valence-corrected chi connectivity index (χ1v) is 9.59. The second-order valence-electron chi connectivity index (χ2n) is 7.45. The van der Waals surface area contributed by atoms with E-state index >= 15 is 0 Å². The molecule has 0 radical (unpaired) electrons. The number of carboxylic acids is 1. The topological polar surface area (TPSA) is 59.0 Å². The van der Waals surface area contributed by atoms with Crippen molar-refractivity contribution in [3.8, 4) is 11.5 Å². The summed E-state index contributed by atoms with van der Waals surface area (Å²) in [5.41, 5.74) is 2.35. The number of piperidine rings is 1. The monoisotopic (exact) mass is 367 g/mol. The predicted octanol–water partition coefficient (Wildman–Crippen LogP) is 3.89. The Morgan fingerprint density at radius 1 is 1.11 bits per heavy atom. The van der Waals surface area contributed by atoms with Crippen LogP contribution in [0, 0.1) is 5.92 Å². The molecule has 5 nitrogen and oxygen atoms in total. The molecule has 4 rings (SSSR count). The van der Waals surface area contributed by atoms with Crippen LogP contribution in [0.25, 0.3) is 0 Å². The van der Waals surface area contributed by atoms with Crippen LogP contribution in [0.5, 0.6) is 11.5 Å². The molecular weight excluding hydrogens is 342 g/mol. The van der Waals surface area contributed by atoms with E-state index in [4.69, 9.17) is 14.6 Å². The lowest BCUT2D eigenvalue weighted by Crippen LogP contribution is -2.35. The summed E-state index contributed by atoms with van der Waals surface area (Å²) >= 11 is 0. The number of aliphatic carboxylic acids is 1. The van der Waals surface area contributed by atoms with Crippen LogP contribution in [0.15, 0.2) is 48.5 Å². The highest BCUT2D eigenvalue weighted by atomic mass is 16.6. The Hall–Kier alpha value is -2.53. The van der Waals surface area contributed by atoms with E-state index in [2.05, 4.69) is 29.2 Å². The molecule has 142 valence electrons. The van der Waals surface area contributed by atoms with Gasteiger partial charge in [-0.1, -0.05) is 36.4 Å². The summed E-state index contributed by atoms with van der Waals surface area (Å²) in [6.45, 7) is 3.28. The van der Waals surface area contributed by atoms with Gasteiger partial charge in [-0.25, -0.2) is 0 Å². The summed E-state index contributed by atoms with van der Waals surface area (Å²) in [5.74, 6) is 1.16. The van der Waals surface area contributed by atoms with Crippen LogP contribution in [-0.4, -0.2) is 35.7 Å². The molecule has 2 atom stereocenters. The number of para-hydroxylation sites is 2. The number of carbonyl (C=O) groups is 1. The predicted molar refractivity (Wildman–Crippen MR) is 102 cm³/mol. The quantitative estimate of drug-likeness (QED) is 0.869. The molecule has 2 aliphatic heterocycles. The molecule has 2 heterocycles. The van der Waals surface area contributed by atoms with Crippen molar-refractivity contribution >= 4 is 5.97 Å². The molecule has 0 saturated carbocycles. The third kappa shape index (κ3) is 4.42. The Kier molecular flexibility index (Phi) is 5.30. The first-order chi connectivity index (χ1) is 13.2. The van der Waals surface area contributed by atoms with E-state index in [-0.39, 0.29) is 18.4 Å². The zero-order chi connectivity index (χ0) is 18.6. The average Bonchev–Trinajstić information content (AvgIpc) is 2.68. The molecule has 0 bridgehead atoms. The molecule has 2 aliphatic rings. The number of carboxylic acid groups (broad SMARTS) is 1. The van der Waals surface area contributed by atoms with Gasteiger partial charge in [0.25, 0.3) is 0 Å². The lowest BCUT2D eigenvalue weighted by atomic mass is 9.94. The number of ether oxygens (including phenoxy) is 2. The SMILES string of the molecule is O=C(O)CC1CCCN(Cc2ccc([C@H]3COc4ccccc4O3)cc2)C1. The third-order valence-electron chi connectivity index (χ3n) is 5.33. The van der Waals surface area contributed by atoms with Crippen LogP contribution < -0.4 is 9.47 Å². The van der Waals surface area contributed by atoms with Gasteiger partial charge in [-0.3, -0.25) is 9.69 Å². The van der Waals surface area contributed by atoms with E-state index < -0.39 is 5.97 Å². The second kappa shape index (κ2) is 8.01. The smallest absolute Gasteiger partial charge is 0.303 e. The van der Waals surface area contributed by atoms with Gasteiger partial charge in [-0.05, 0) is 48.6 Å². The zero-order valence-corrected chi connectivity index (χ0v) is 15.3. The van der Waals surface area contributed by atoms with E-state index in [1.165, 1.54) is 5.56 Å². The Labute approximate surface area is 159 Å². The lowest BCUT2D eigenvalue weighted by molar-refractivity contribution is -0.138. The van der Waals surface area contributed by atoms with Crippen molar-refractivity contribution < 1.29 is 19.4 Å². The molecule has 5 heteroatoms. The molecule has 27 heavy (non-hydrogen) atoms. The minimum atomic E-state index is -0.692. The van der Waals surface area contributed by atoms with Crippen molar-refractivity contribution in [3.63, 3.8) is 0 Å². The highest BCUT2D eigenvalue weighted by Gasteiger charge is 2.23. The van der Waals surface area contributed by atoms with E-state index in [1.807, 2.05) is 24.3 Å². The van der Waals surface area contributed by atoms with Crippen LogP contribution >= 0.6 is 0 Å². The van der Waals surface area contributed by atoms with E-state index in [9.17, 15) is 4.79 Å². The minimum Gasteiger partial charge on any atom is -0.485 e. The molecule has 1 unspecified atom stereocenters. The lowest BCUT2D eigenvalue weighted by Gasteiger charge is -2.32. The van der Waals surface area contributed by atoms with Gasteiger partial charge in [0.2, 0.25) is 0 Å². The summed E-state index contributed by atoms with van der Waals surface area (Å²) in [6, 6.07) is 16.2. The van der Waals surface area contributed by atoms with E-state index in [0.717, 1.165) is 49.5 Å². The average molecular weight is 367 g/mol. The van der Waals surface area contributed by atoms with E-state index in [0.29, 0.717) is 6.61 Å². The highest BCUT2D eigenvalue weighted by Crippen LogP contribution is 2.35. The molecule has 1 saturated heterocycles. The maximum Gasteiger partial charge on any atom is 0.303 e. The Morgan fingerprint density at radius 3 is 2.67 bits per heavy atom. The Morgan fingerprint density at radius 2 is 1.89 bits per heavy atom. The van der Waals surface area contributed by atoms with Crippen molar-refractivity contribution in [3.05, 3.63) is 59.7 Å². The van der Waals surface area contributed by atoms with Gasteiger partial charge in [-0.15, -0.1) is 0 Å². The van der Waals surface area contributed by atoms with Crippen molar-refractivity contribution in [2.45, 2.75) is 31.9 Å². The fourth-order valence-corrected chi connectivity index (χ4v) is 3.99. The van der Waals surface area contributed by atoms with Crippen LogP contribution in [0.2, 0.25) is 0 Å². The van der Waals surface area contributed by atoms with Crippen molar-refractivity contribution in [1.29, 1.82) is 0 Å². The molecule has 0 aromatic heterocycles. The van der Waals surface area contributed by atoms with E-state index in [1.54, 1.807) is 0 Å².